The summed E-state index contributed by atoms with van der Waals surface area (Å²) in [5.74, 6) is 1.53. The smallest absolute Gasteiger partial charge is 0.270 e. The van der Waals surface area contributed by atoms with Crippen LogP contribution in [0.15, 0.2) is 5.38 Å². The van der Waals surface area contributed by atoms with Gasteiger partial charge in [0.15, 0.2) is 0 Å². The number of carbonyl (C=O) groups excluding carboxylic acids is 1. The Hall–Kier alpha value is -0.980. The predicted octanol–water partition coefficient (Wildman–Crippen LogP) is 2.09. The van der Waals surface area contributed by atoms with Crippen molar-refractivity contribution in [1.82, 2.24) is 15.2 Å². The Morgan fingerprint density at radius 1 is 1.41 bits per heavy atom. The van der Waals surface area contributed by atoms with E-state index in [4.69, 9.17) is 5.73 Å². The molecule has 3 N–H and O–H groups in total. The van der Waals surface area contributed by atoms with E-state index in [1.807, 2.05) is 0 Å². The standard InChI is InChI=1S/C16H28N4OS/c1-12-7-13(2)10-20(9-12)6-4-3-5-18-16(21)14-11-22-15(8-17)19-14/h11-13H,3-10,17H2,1-2H3,(H,18,21). The quantitative estimate of drug-likeness (QED) is 0.754. The fourth-order valence-electron chi connectivity index (χ4n) is 3.24. The molecule has 1 fully saturated rings. The van der Waals surface area contributed by atoms with Crippen LogP contribution in [0.25, 0.3) is 0 Å². The van der Waals surface area contributed by atoms with Crippen LogP contribution in [0.1, 0.15) is 48.6 Å². The zero-order chi connectivity index (χ0) is 15.9. The third-order valence-corrected chi connectivity index (χ3v) is 4.96. The van der Waals surface area contributed by atoms with Gasteiger partial charge in [0.2, 0.25) is 0 Å². The molecule has 2 heterocycles. The number of hydrogen-bond donors (Lipinski definition) is 2. The SMILES string of the molecule is CC1CC(C)CN(CCCCNC(=O)c2csc(CN)n2)C1. The summed E-state index contributed by atoms with van der Waals surface area (Å²) in [5.41, 5.74) is 5.99. The number of carbonyl (C=O) groups is 1. The lowest BCUT2D eigenvalue weighted by molar-refractivity contribution is 0.0947. The maximum Gasteiger partial charge on any atom is 0.270 e. The fourth-order valence-corrected chi connectivity index (χ4v) is 3.89. The average molecular weight is 324 g/mol. The summed E-state index contributed by atoms with van der Waals surface area (Å²) < 4.78 is 0. The van der Waals surface area contributed by atoms with Crippen LogP contribution in [-0.4, -0.2) is 42.0 Å². The number of thiazole rings is 1. The molecule has 0 bridgehead atoms. The Balaban J connectivity index is 1.60. The topological polar surface area (TPSA) is 71.2 Å². The Kier molecular flexibility index (Phi) is 6.79. The number of unbranched alkanes of at least 4 members (excludes halogenated alkanes) is 1. The highest BCUT2D eigenvalue weighted by Gasteiger charge is 2.20. The number of likely N-dealkylation sites (tertiary alicyclic amines) is 1. The number of aromatic nitrogens is 1. The number of hydrogen-bond acceptors (Lipinski definition) is 5. The molecule has 2 unspecified atom stereocenters. The van der Waals surface area contributed by atoms with Gasteiger partial charge in [-0.3, -0.25) is 4.79 Å². The first-order chi connectivity index (χ1) is 10.6. The van der Waals surface area contributed by atoms with Gasteiger partial charge in [-0.25, -0.2) is 4.98 Å². The highest BCUT2D eigenvalue weighted by Crippen LogP contribution is 2.20. The van der Waals surface area contributed by atoms with Crippen molar-refractivity contribution < 1.29 is 4.79 Å². The zero-order valence-electron chi connectivity index (χ0n) is 13.7. The molecule has 6 heteroatoms. The number of amides is 1. The molecule has 1 aromatic heterocycles. The van der Waals surface area contributed by atoms with E-state index in [0.29, 0.717) is 18.8 Å². The van der Waals surface area contributed by atoms with E-state index in [9.17, 15) is 4.79 Å². The second-order valence-corrected chi connectivity index (χ2v) is 7.44. The van der Waals surface area contributed by atoms with E-state index in [0.717, 1.165) is 36.2 Å². The van der Waals surface area contributed by atoms with Gasteiger partial charge >= 0.3 is 0 Å². The Bertz CT molecular complexity index is 466. The Morgan fingerprint density at radius 3 is 2.77 bits per heavy atom. The van der Waals surface area contributed by atoms with Gasteiger partial charge < -0.3 is 16.0 Å². The van der Waals surface area contributed by atoms with Crippen molar-refractivity contribution in [2.24, 2.45) is 17.6 Å². The summed E-state index contributed by atoms with van der Waals surface area (Å²) in [5, 5.41) is 5.51. The minimum Gasteiger partial charge on any atom is -0.351 e. The maximum absolute atomic E-state index is 11.9. The second-order valence-electron chi connectivity index (χ2n) is 6.50. The van der Waals surface area contributed by atoms with E-state index < -0.39 is 0 Å². The molecule has 1 saturated heterocycles. The first-order valence-electron chi connectivity index (χ1n) is 8.23. The van der Waals surface area contributed by atoms with Crippen LogP contribution in [0.4, 0.5) is 0 Å². The molecule has 2 atom stereocenters. The van der Waals surface area contributed by atoms with Crippen molar-refractivity contribution in [2.45, 2.75) is 39.7 Å². The number of nitrogens with zero attached hydrogens (tertiary/aromatic N) is 2. The van der Waals surface area contributed by atoms with Crippen LogP contribution in [-0.2, 0) is 6.54 Å². The van der Waals surface area contributed by atoms with Gasteiger partial charge in [0.05, 0.1) is 0 Å². The van der Waals surface area contributed by atoms with E-state index in [-0.39, 0.29) is 5.91 Å². The van der Waals surface area contributed by atoms with E-state index >= 15 is 0 Å². The van der Waals surface area contributed by atoms with Gasteiger partial charge in [0.1, 0.15) is 10.7 Å². The Morgan fingerprint density at radius 2 is 2.14 bits per heavy atom. The maximum atomic E-state index is 11.9. The summed E-state index contributed by atoms with van der Waals surface area (Å²) in [6.07, 6.45) is 3.49. The molecular formula is C16H28N4OS. The number of nitrogens with one attached hydrogen (secondary N) is 1. The monoisotopic (exact) mass is 324 g/mol. The third-order valence-electron chi connectivity index (χ3n) is 4.09. The molecule has 0 radical (unpaired) electrons. The van der Waals surface area contributed by atoms with E-state index in [1.54, 1.807) is 5.38 Å². The van der Waals surface area contributed by atoms with Crippen LogP contribution in [0.5, 0.6) is 0 Å². The Labute approximate surface area is 137 Å². The molecule has 0 aromatic carbocycles. The summed E-state index contributed by atoms with van der Waals surface area (Å²) in [7, 11) is 0. The average Bonchev–Trinajstić information content (AvgIpc) is 2.94. The molecule has 124 valence electrons. The minimum atomic E-state index is -0.0869. The first-order valence-corrected chi connectivity index (χ1v) is 9.11. The molecule has 2 rings (SSSR count). The number of rotatable bonds is 7. The van der Waals surface area contributed by atoms with Gasteiger partial charge in [-0.2, -0.15) is 0 Å². The third kappa shape index (κ3) is 5.34. The van der Waals surface area contributed by atoms with Crippen molar-refractivity contribution in [3.8, 4) is 0 Å². The van der Waals surface area contributed by atoms with Crippen LogP contribution in [0.2, 0.25) is 0 Å². The van der Waals surface area contributed by atoms with Gasteiger partial charge in [-0.05, 0) is 37.6 Å². The van der Waals surface area contributed by atoms with Gasteiger partial charge in [-0.1, -0.05) is 13.8 Å². The van der Waals surface area contributed by atoms with Crippen LogP contribution in [0.3, 0.4) is 0 Å². The lowest BCUT2D eigenvalue weighted by Crippen LogP contribution is -2.39. The first kappa shape index (κ1) is 17.4. The highest BCUT2D eigenvalue weighted by molar-refractivity contribution is 7.09. The normalized spacial score (nSPS) is 22.7. The molecule has 1 aromatic rings. The number of piperidine rings is 1. The molecule has 0 aliphatic carbocycles. The lowest BCUT2D eigenvalue weighted by atomic mass is 9.92. The fraction of sp³-hybridized carbons (Fsp3) is 0.750. The lowest BCUT2D eigenvalue weighted by Gasteiger charge is -2.34. The number of nitrogens with two attached hydrogens (primary N) is 1. The van der Waals surface area contributed by atoms with Gasteiger partial charge in [0.25, 0.3) is 5.91 Å². The van der Waals surface area contributed by atoms with E-state index in [2.05, 4.69) is 29.0 Å². The summed E-state index contributed by atoms with van der Waals surface area (Å²) in [4.78, 5) is 18.7. The van der Waals surface area contributed by atoms with Crippen LogP contribution >= 0.6 is 11.3 Å². The zero-order valence-corrected chi connectivity index (χ0v) is 14.5. The van der Waals surface area contributed by atoms with Crippen LogP contribution in [0, 0.1) is 11.8 Å². The van der Waals surface area contributed by atoms with Crippen molar-refractivity contribution in [2.75, 3.05) is 26.2 Å². The molecule has 22 heavy (non-hydrogen) atoms. The van der Waals surface area contributed by atoms with Gasteiger partial charge in [0, 0.05) is 31.6 Å². The largest absolute Gasteiger partial charge is 0.351 e. The van der Waals surface area contributed by atoms with Crippen molar-refractivity contribution in [3.63, 3.8) is 0 Å². The summed E-state index contributed by atoms with van der Waals surface area (Å²) in [6, 6.07) is 0. The minimum absolute atomic E-state index is 0.0869. The molecule has 1 aliphatic heterocycles. The summed E-state index contributed by atoms with van der Waals surface area (Å²) >= 11 is 1.44. The molecule has 0 saturated carbocycles. The summed E-state index contributed by atoms with van der Waals surface area (Å²) in [6.45, 7) is 9.36. The molecule has 1 aliphatic rings. The van der Waals surface area contributed by atoms with Crippen LogP contribution < -0.4 is 11.1 Å². The van der Waals surface area contributed by atoms with Crippen molar-refractivity contribution in [1.29, 1.82) is 0 Å². The molecule has 1 amide bonds. The van der Waals surface area contributed by atoms with Crippen molar-refractivity contribution >= 4 is 17.2 Å². The molecule has 0 spiro atoms. The highest BCUT2D eigenvalue weighted by atomic mass is 32.1. The van der Waals surface area contributed by atoms with E-state index in [1.165, 1.54) is 30.8 Å². The molecule has 5 nitrogen and oxygen atoms in total. The molecular weight excluding hydrogens is 296 g/mol. The predicted molar refractivity (Wildman–Crippen MR) is 91.0 cm³/mol. The second kappa shape index (κ2) is 8.60. The van der Waals surface area contributed by atoms with Crippen molar-refractivity contribution in [3.05, 3.63) is 16.1 Å². The van der Waals surface area contributed by atoms with Gasteiger partial charge in [-0.15, -0.1) is 11.3 Å².